The molecule has 4 aromatic rings. The molecule has 0 unspecified atom stereocenters. The highest BCUT2D eigenvalue weighted by atomic mass is 16.5. The predicted octanol–water partition coefficient (Wildman–Crippen LogP) is 4.16. The Morgan fingerprint density at radius 1 is 1.06 bits per heavy atom. The lowest BCUT2D eigenvalue weighted by atomic mass is 10.1. The molecule has 10 heteroatoms. The van der Waals surface area contributed by atoms with Crippen molar-refractivity contribution in [3.8, 4) is 29.1 Å². The fraction of sp³-hybridized carbons (Fsp3) is 0.136. The average molecular weight is 433 g/mol. The van der Waals surface area contributed by atoms with E-state index in [0.29, 0.717) is 29.3 Å². The molecule has 2 aromatic heterocycles. The summed E-state index contributed by atoms with van der Waals surface area (Å²) in [6.07, 6.45) is 1.43. The van der Waals surface area contributed by atoms with Crippen molar-refractivity contribution >= 4 is 22.6 Å². The van der Waals surface area contributed by atoms with Crippen molar-refractivity contribution in [2.75, 3.05) is 13.7 Å². The van der Waals surface area contributed by atoms with Crippen LogP contribution in [0.2, 0.25) is 0 Å². The predicted molar refractivity (Wildman–Crippen MR) is 115 cm³/mol. The number of amides is 1. The molecule has 0 aliphatic heterocycles. The van der Waals surface area contributed by atoms with Gasteiger partial charge in [0.05, 0.1) is 19.4 Å². The molecule has 4 rings (SSSR count). The van der Waals surface area contributed by atoms with Crippen LogP contribution >= 0.6 is 0 Å². The quantitative estimate of drug-likeness (QED) is 0.436. The molecule has 0 aliphatic carbocycles. The number of hydrogen-bond acceptors (Lipinski definition) is 8. The van der Waals surface area contributed by atoms with Gasteiger partial charge in [-0.1, -0.05) is 0 Å². The number of aromatic hydroxyl groups is 2. The van der Waals surface area contributed by atoms with Gasteiger partial charge in [0.15, 0.2) is 0 Å². The molecular formula is C22H19N5O5. The summed E-state index contributed by atoms with van der Waals surface area (Å²) in [7, 11) is 1.45. The van der Waals surface area contributed by atoms with Gasteiger partial charge in [-0.2, -0.15) is 4.98 Å². The zero-order chi connectivity index (χ0) is 22.7. The molecule has 0 saturated carbocycles. The number of ether oxygens (including phenoxy) is 2. The number of benzene rings is 2. The average Bonchev–Trinajstić information content (AvgIpc) is 3.08. The van der Waals surface area contributed by atoms with Crippen molar-refractivity contribution in [1.29, 1.82) is 0 Å². The topological polar surface area (TPSA) is 131 Å². The van der Waals surface area contributed by atoms with E-state index < -0.39 is 5.91 Å². The van der Waals surface area contributed by atoms with Gasteiger partial charge in [0, 0.05) is 28.6 Å². The summed E-state index contributed by atoms with van der Waals surface area (Å²) in [6, 6.07) is 12.9. The Labute approximate surface area is 182 Å². The molecule has 0 aliphatic rings. The number of fused-ring (bicyclic) bond motifs is 1. The van der Waals surface area contributed by atoms with Crippen LogP contribution in [0.4, 0.5) is 5.95 Å². The largest absolute Gasteiger partial charge is 0.494 e. The zero-order valence-electron chi connectivity index (χ0n) is 17.3. The van der Waals surface area contributed by atoms with Crippen LogP contribution < -0.4 is 9.47 Å². The Bertz CT molecular complexity index is 1310. The molecule has 162 valence electrons. The molecule has 0 spiro atoms. The molecule has 10 nitrogen and oxygen atoms in total. The van der Waals surface area contributed by atoms with Gasteiger partial charge in [-0.25, -0.2) is 4.98 Å². The minimum absolute atomic E-state index is 0.0269. The number of methoxy groups -OCH3 is 1. The van der Waals surface area contributed by atoms with Crippen LogP contribution in [0.5, 0.6) is 23.4 Å². The van der Waals surface area contributed by atoms with Crippen LogP contribution in [0.25, 0.3) is 16.5 Å². The van der Waals surface area contributed by atoms with Gasteiger partial charge in [0.1, 0.15) is 5.75 Å². The summed E-state index contributed by atoms with van der Waals surface area (Å²) >= 11 is 0. The molecule has 2 heterocycles. The third-order valence-corrected chi connectivity index (χ3v) is 4.63. The van der Waals surface area contributed by atoms with E-state index in [1.54, 1.807) is 30.3 Å². The van der Waals surface area contributed by atoms with Gasteiger partial charge in [-0.15, -0.1) is 10.2 Å². The number of carbonyl (C=O) groups is 1. The van der Waals surface area contributed by atoms with Crippen molar-refractivity contribution in [2.45, 2.75) is 6.92 Å². The van der Waals surface area contributed by atoms with Crippen LogP contribution in [-0.4, -0.2) is 44.4 Å². The Balaban J connectivity index is 1.66. The Hall–Kier alpha value is -4.47. The first-order valence-electron chi connectivity index (χ1n) is 9.64. The molecule has 0 bridgehead atoms. The lowest BCUT2D eigenvalue weighted by Gasteiger charge is -2.08. The van der Waals surface area contributed by atoms with E-state index in [1.807, 2.05) is 6.92 Å². The summed E-state index contributed by atoms with van der Waals surface area (Å²) < 4.78 is 11.7. The van der Waals surface area contributed by atoms with Crippen molar-refractivity contribution in [3.63, 3.8) is 0 Å². The van der Waals surface area contributed by atoms with Crippen LogP contribution in [0, 0.1) is 0 Å². The minimum Gasteiger partial charge on any atom is -0.494 e. The smallest absolute Gasteiger partial charge is 0.295 e. The number of rotatable bonds is 6. The lowest BCUT2D eigenvalue weighted by molar-refractivity contribution is 0.0995. The van der Waals surface area contributed by atoms with Crippen LogP contribution in [0.3, 0.4) is 0 Å². The monoisotopic (exact) mass is 433 g/mol. The number of nitrogens with zero attached hydrogens (tertiary/aromatic N) is 5. The van der Waals surface area contributed by atoms with Gasteiger partial charge < -0.3 is 19.7 Å². The molecule has 1 amide bonds. The van der Waals surface area contributed by atoms with Crippen molar-refractivity contribution < 1.29 is 24.5 Å². The van der Waals surface area contributed by atoms with Gasteiger partial charge in [0.2, 0.25) is 17.6 Å². The molecule has 2 N–H and O–H groups in total. The number of carbonyl (C=O) groups excluding carboxylic acids is 1. The maximum Gasteiger partial charge on any atom is 0.295 e. The van der Waals surface area contributed by atoms with Crippen LogP contribution in [-0.2, 0) is 0 Å². The fourth-order valence-electron chi connectivity index (χ4n) is 3.14. The van der Waals surface area contributed by atoms with Gasteiger partial charge in [-0.05, 0) is 49.4 Å². The highest BCUT2D eigenvalue weighted by Gasteiger charge is 2.19. The second kappa shape index (κ2) is 8.72. The number of hydrogen-bond donors (Lipinski definition) is 2. The maximum absolute atomic E-state index is 12.5. The summed E-state index contributed by atoms with van der Waals surface area (Å²) in [5.74, 6) is -0.104. The lowest BCUT2D eigenvalue weighted by Crippen LogP contribution is -1.94. The van der Waals surface area contributed by atoms with Crippen molar-refractivity contribution in [2.24, 2.45) is 10.2 Å². The first kappa shape index (κ1) is 20.8. The van der Waals surface area contributed by atoms with E-state index in [-0.39, 0.29) is 28.7 Å². The van der Waals surface area contributed by atoms with Gasteiger partial charge in [0.25, 0.3) is 11.9 Å². The highest BCUT2D eigenvalue weighted by Crippen LogP contribution is 2.39. The van der Waals surface area contributed by atoms with E-state index in [4.69, 9.17) is 9.47 Å². The molecule has 32 heavy (non-hydrogen) atoms. The first-order valence-corrected chi connectivity index (χ1v) is 9.64. The van der Waals surface area contributed by atoms with E-state index in [9.17, 15) is 15.0 Å². The van der Waals surface area contributed by atoms with Crippen molar-refractivity contribution in [3.05, 3.63) is 60.3 Å². The third-order valence-electron chi connectivity index (χ3n) is 4.63. The molecule has 2 aromatic carbocycles. The van der Waals surface area contributed by atoms with Crippen LogP contribution in [0.15, 0.2) is 65.0 Å². The maximum atomic E-state index is 12.5. The van der Waals surface area contributed by atoms with Crippen molar-refractivity contribution in [1.82, 2.24) is 14.5 Å². The summed E-state index contributed by atoms with van der Waals surface area (Å²) in [4.78, 5) is 20.3. The summed E-state index contributed by atoms with van der Waals surface area (Å²) in [5.41, 5.74) is 0.700. The normalized spacial score (nSPS) is 11.2. The molecule has 0 atom stereocenters. The zero-order valence-corrected chi connectivity index (χ0v) is 17.3. The second-order valence-electron chi connectivity index (χ2n) is 6.57. The van der Waals surface area contributed by atoms with E-state index in [0.717, 1.165) is 0 Å². The Morgan fingerprint density at radius 3 is 2.53 bits per heavy atom. The van der Waals surface area contributed by atoms with E-state index >= 15 is 0 Å². The Morgan fingerprint density at radius 2 is 1.81 bits per heavy atom. The van der Waals surface area contributed by atoms with Gasteiger partial charge in [-0.3, -0.25) is 9.36 Å². The summed E-state index contributed by atoms with van der Waals surface area (Å²) in [5, 5.41) is 29.4. The molecular weight excluding hydrogens is 414 g/mol. The third kappa shape index (κ3) is 3.93. The fourth-order valence-corrected chi connectivity index (χ4v) is 3.14. The molecule has 0 saturated heterocycles. The van der Waals surface area contributed by atoms with E-state index in [2.05, 4.69) is 20.2 Å². The number of azo groups is 1. The standard InChI is InChI=1S/C22H19N5O5/c1-3-32-15-7-5-14(6-8-15)27-20(29)16-9-4-13(12-17(16)21(27)30)19(28)25-26-22-23-11-10-18(24-22)31-2/h4-12,29-30H,3H2,1-2H3. The first-order chi connectivity index (χ1) is 15.5. The SMILES string of the molecule is CCOc1ccc(-n2c(O)c3ccc(C(=O)N=Nc4nccc(OC)n4)cc3c2O)cc1. The highest BCUT2D eigenvalue weighted by molar-refractivity contribution is 6.02. The minimum atomic E-state index is -0.661. The number of aromatic nitrogens is 3. The Kier molecular flexibility index (Phi) is 5.67. The second-order valence-corrected chi connectivity index (χ2v) is 6.57. The molecule has 0 radical (unpaired) electrons. The van der Waals surface area contributed by atoms with Crippen LogP contribution in [0.1, 0.15) is 17.3 Å². The van der Waals surface area contributed by atoms with E-state index in [1.165, 1.54) is 36.1 Å². The molecule has 0 fully saturated rings. The van der Waals surface area contributed by atoms with Gasteiger partial charge >= 0.3 is 0 Å². The summed E-state index contributed by atoms with van der Waals surface area (Å²) in [6.45, 7) is 2.41.